The minimum absolute atomic E-state index is 0.238. The minimum Gasteiger partial charge on any atom is -0.376 e. The second-order valence-corrected chi connectivity index (χ2v) is 5.69. The molecule has 2 nitrogen and oxygen atoms in total. The van der Waals surface area contributed by atoms with E-state index in [1.165, 1.54) is 22.4 Å². The molecule has 2 heteroatoms. The van der Waals surface area contributed by atoms with Crippen LogP contribution in [-0.4, -0.2) is 6.61 Å². The number of fused-ring (bicyclic) bond motifs is 1. The molecule has 1 N–H and O–H groups in total. The van der Waals surface area contributed by atoms with E-state index >= 15 is 0 Å². The Morgan fingerprint density at radius 2 is 1.95 bits per heavy atom. The fourth-order valence-corrected chi connectivity index (χ4v) is 2.69. The average Bonchev–Trinajstić information content (AvgIpc) is 2.48. The molecular weight excluding hydrogens is 246 g/mol. The van der Waals surface area contributed by atoms with Gasteiger partial charge in [-0.1, -0.05) is 50.2 Å². The van der Waals surface area contributed by atoms with Crippen LogP contribution >= 0.6 is 0 Å². The molecule has 0 saturated heterocycles. The smallest absolute Gasteiger partial charge is 0.0751 e. The fourth-order valence-electron chi connectivity index (χ4n) is 2.69. The van der Waals surface area contributed by atoms with Crippen molar-refractivity contribution >= 4 is 5.69 Å². The molecule has 1 aliphatic rings. The van der Waals surface area contributed by atoms with Gasteiger partial charge in [0.05, 0.1) is 19.3 Å². The van der Waals surface area contributed by atoms with Crippen LogP contribution in [0.25, 0.3) is 0 Å². The first-order chi connectivity index (χ1) is 9.74. The van der Waals surface area contributed by atoms with Crippen molar-refractivity contribution in [3.63, 3.8) is 0 Å². The van der Waals surface area contributed by atoms with Gasteiger partial charge in [0, 0.05) is 5.69 Å². The van der Waals surface area contributed by atoms with E-state index in [1.807, 2.05) is 0 Å². The van der Waals surface area contributed by atoms with Crippen LogP contribution in [0.4, 0.5) is 5.69 Å². The molecule has 1 atom stereocenters. The first-order valence-corrected chi connectivity index (χ1v) is 7.26. The summed E-state index contributed by atoms with van der Waals surface area (Å²) < 4.78 is 5.70. The maximum Gasteiger partial charge on any atom is 0.0751 e. The Kier molecular flexibility index (Phi) is 3.75. The predicted octanol–water partition coefficient (Wildman–Crippen LogP) is 4.49. The van der Waals surface area contributed by atoms with E-state index in [2.05, 4.69) is 67.7 Å². The average molecular weight is 267 g/mol. The highest BCUT2D eigenvalue weighted by atomic mass is 16.5. The predicted molar refractivity (Wildman–Crippen MR) is 83.0 cm³/mol. The summed E-state index contributed by atoms with van der Waals surface area (Å²) in [4.78, 5) is 0. The zero-order valence-corrected chi connectivity index (χ0v) is 12.1. The summed E-state index contributed by atoms with van der Waals surface area (Å²) >= 11 is 0. The quantitative estimate of drug-likeness (QED) is 0.884. The van der Waals surface area contributed by atoms with Gasteiger partial charge in [-0.25, -0.2) is 0 Å². The molecule has 104 valence electrons. The van der Waals surface area contributed by atoms with Crippen molar-refractivity contribution < 1.29 is 4.74 Å². The summed E-state index contributed by atoms with van der Waals surface area (Å²) in [7, 11) is 0. The summed E-state index contributed by atoms with van der Waals surface area (Å²) in [6, 6.07) is 17.4. The SMILES string of the molecule is CC(C)c1cccc(NC2COCc3ccccc32)c1. The van der Waals surface area contributed by atoms with Gasteiger partial charge in [0.15, 0.2) is 0 Å². The number of rotatable bonds is 3. The summed E-state index contributed by atoms with van der Waals surface area (Å²) in [6.45, 7) is 5.89. The second kappa shape index (κ2) is 5.68. The molecule has 0 aromatic heterocycles. The Labute approximate surface area is 120 Å². The van der Waals surface area contributed by atoms with E-state index < -0.39 is 0 Å². The zero-order valence-electron chi connectivity index (χ0n) is 12.1. The topological polar surface area (TPSA) is 21.3 Å². The third-order valence-corrected chi connectivity index (χ3v) is 3.87. The first kappa shape index (κ1) is 13.2. The van der Waals surface area contributed by atoms with Gasteiger partial charge in [-0.15, -0.1) is 0 Å². The van der Waals surface area contributed by atoms with Gasteiger partial charge in [0.2, 0.25) is 0 Å². The Bertz CT molecular complexity index is 591. The standard InChI is InChI=1S/C18H21NO/c1-13(2)14-7-5-8-16(10-14)19-18-12-20-11-15-6-3-4-9-17(15)18/h3-10,13,18-19H,11-12H2,1-2H3. The third kappa shape index (κ3) is 2.70. The monoisotopic (exact) mass is 267 g/mol. The highest BCUT2D eigenvalue weighted by Crippen LogP contribution is 2.28. The second-order valence-electron chi connectivity index (χ2n) is 5.69. The maximum atomic E-state index is 5.70. The van der Waals surface area contributed by atoms with Gasteiger partial charge in [0.25, 0.3) is 0 Å². The van der Waals surface area contributed by atoms with Crippen molar-refractivity contribution in [3.8, 4) is 0 Å². The zero-order chi connectivity index (χ0) is 13.9. The van der Waals surface area contributed by atoms with E-state index in [0.717, 1.165) is 13.2 Å². The van der Waals surface area contributed by atoms with Gasteiger partial charge in [-0.05, 0) is 34.7 Å². The lowest BCUT2D eigenvalue weighted by Gasteiger charge is -2.27. The molecule has 2 aromatic carbocycles. The van der Waals surface area contributed by atoms with E-state index in [0.29, 0.717) is 5.92 Å². The Morgan fingerprint density at radius 1 is 1.10 bits per heavy atom. The van der Waals surface area contributed by atoms with Crippen molar-refractivity contribution in [1.82, 2.24) is 0 Å². The van der Waals surface area contributed by atoms with Crippen LogP contribution < -0.4 is 5.32 Å². The van der Waals surface area contributed by atoms with Crippen LogP contribution in [0, 0.1) is 0 Å². The van der Waals surface area contributed by atoms with E-state index in [9.17, 15) is 0 Å². The molecule has 0 bridgehead atoms. The van der Waals surface area contributed by atoms with Crippen LogP contribution in [-0.2, 0) is 11.3 Å². The molecule has 0 aliphatic carbocycles. The lowest BCUT2D eigenvalue weighted by atomic mass is 9.98. The molecule has 1 unspecified atom stereocenters. The molecule has 0 radical (unpaired) electrons. The summed E-state index contributed by atoms with van der Waals surface area (Å²) in [5, 5.41) is 3.61. The summed E-state index contributed by atoms with van der Waals surface area (Å²) in [5.74, 6) is 0.548. The normalized spacial score (nSPS) is 17.9. The third-order valence-electron chi connectivity index (χ3n) is 3.87. The molecule has 0 spiro atoms. The van der Waals surface area contributed by atoms with Crippen molar-refractivity contribution in [2.75, 3.05) is 11.9 Å². The van der Waals surface area contributed by atoms with Gasteiger partial charge in [-0.3, -0.25) is 0 Å². The fraction of sp³-hybridized carbons (Fsp3) is 0.333. The van der Waals surface area contributed by atoms with Crippen molar-refractivity contribution in [2.45, 2.75) is 32.4 Å². The van der Waals surface area contributed by atoms with Crippen LogP contribution in [0.3, 0.4) is 0 Å². The van der Waals surface area contributed by atoms with Gasteiger partial charge < -0.3 is 10.1 Å². The van der Waals surface area contributed by atoms with Crippen molar-refractivity contribution in [2.24, 2.45) is 0 Å². The van der Waals surface area contributed by atoms with E-state index in [-0.39, 0.29) is 6.04 Å². The number of benzene rings is 2. The van der Waals surface area contributed by atoms with Gasteiger partial charge in [0.1, 0.15) is 0 Å². The largest absolute Gasteiger partial charge is 0.376 e. The molecular formula is C18H21NO. The van der Waals surface area contributed by atoms with Gasteiger partial charge >= 0.3 is 0 Å². The Hall–Kier alpha value is -1.80. The molecule has 0 amide bonds. The Balaban J connectivity index is 1.84. The minimum atomic E-state index is 0.238. The molecule has 1 heterocycles. The first-order valence-electron chi connectivity index (χ1n) is 7.26. The van der Waals surface area contributed by atoms with Crippen LogP contribution in [0.1, 0.15) is 42.5 Å². The number of hydrogen-bond donors (Lipinski definition) is 1. The maximum absolute atomic E-state index is 5.70. The lowest BCUT2D eigenvalue weighted by molar-refractivity contribution is 0.0970. The molecule has 0 saturated carbocycles. The van der Waals surface area contributed by atoms with E-state index in [4.69, 9.17) is 4.74 Å². The molecule has 3 rings (SSSR count). The van der Waals surface area contributed by atoms with Crippen LogP contribution in [0.5, 0.6) is 0 Å². The number of hydrogen-bond acceptors (Lipinski definition) is 2. The van der Waals surface area contributed by atoms with Crippen molar-refractivity contribution in [3.05, 3.63) is 65.2 Å². The molecule has 0 fully saturated rings. The number of nitrogens with one attached hydrogen (secondary N) is 1. The number of anilines is 1. The van der Waals surface area contributed by atoms with Crippen LogP contribution in [0.15, 0.2) is 48.5 Å². The molecule has 1 aliphatic heterocycles. The highest BCUT2D eigenvalue weighted by molar-refractivity contribution is 5.49. The summed E-state index contributed by atoms with van der Waals surface area (Å²) in [6.07, 6.45) is 0. The lowest BCUT2D eigenvalue weighted by Crippen LogP contribution is -2.23. The number of ether oxygens (including phenoxy) is 1. The van der Waals surface area contributed by atoms with Crippen LogP contribution in [0.2, 0.25) is 0 Å². The Morgan fingerprint density at radius 3 is 2.80 bits per heavy atom. The highest BCUT2D eigenvalue weighted by Gasteiger charge is 2.20. The summed E-state index contributed by atoms with van der Waals surface area (Å²) in [5.41, 5.74) is 5.17. The van der Waals surface area contributed by atoms with Crippen molar-refractivity contribution in [1.29, 1.82) is 0 Å². The molecule has 20 heavy (non-hydrogen) atoms. The van der Waals surface area contributed by atoms with E-state index in [1.54, 1.807) is 0 Å². The van der Waals surface area contributed by atoms with Gasteiger partial charge in [-0.2, -0.15) is 0 Å². The molecule has 2 aromatic rings.